The third kappa shape index (κ3) is 3.33. The third-order valence-corrected chi connectivity index (χ3v) is 3.44. The number of halogens is 2. The maximum Gasteiger partial charge on any atom is 0.300 e. The summed E-state index contributed by atoms with van der Waals surface area (Å²) in [6, 6.07) is 6.92. The molecule has 0 aliphatic rings. The van der Waals surface area contributed by atoms with E-state index in [9.17, 15) is 4.79 Å². The maximum atomic E-state index is 11.3. The second kappa shape index (κ2) is 6.30. The molecule has 7 heteroatoms. The highest BCUT2D eigenvalue weighted by atomic mass is 79.9. The predicted octanol–water partition coefficient (Wildman–Crippen LogP) is 3.19. The quantitative estimate of drug-likeness (QED) is 0.499. The molecule has 0 aliphatic heterocycles. The zero-order valence-electron chi connectivity index (χ0n) is 10.6. The van der Waals surface area contributed by atoms with Crippen LogP contribution in [0, 0.1) is 6.92 Å². The van der Waals surface area contributed by atoms with Gasteiger partial charge in [0, 0.05) is 10.0 Å². The van der Waals surface area contributed by atoms with Gasteiger partial charge in [0.2, 0.25) is 0 Å². The lowest BCUT2D eigenvalue weighted by atomic mass is 10.2. The Kier molecular flexibility index (Phi) is 4.69. The fourth-order valence-electron chi connectivity index (χ4n) is 1.59. The van der Waals surface area contributed by atoms with Crippen LogP contribution in [0.4, 0.5) is 0 Å². The molecule has 20 heavy (non-hydrogen) atoms. The van der Waals surface area contributed by atoms with Crippen molar-refractivity contribution in [3.63, 3.8) is 0 Å². The molecule has 2 aromatic rings. The van der Waals surface area contributed by atoms with Crippen molar-refractivity contribution < 1.29 is 13.9 Å². The number of amides is 1. The standard InChI is InChI=1S/C13H12BrClN2O3/c1-7-8(4-12(20-7)13(18)17-16)6-19-11-3-2-9(14)5-10(11)15/h2-5H,6,16H2,1H3,(H,17,18). The molecule has 3 N–H and O–H groups in total. The zero-order valence-corrected chi connectivity index (χ0v) is 12.9. The van der Waals surface area contributed by atoms with Gasteiger partial charge in [-0.15, -0.1) is 0 Å². The van der Waals surface area contributed by atoms with E-state index in [1.54, 1.807) is 25.1 Å². The summed E-state index contributed by atoms with van der Waals surface area (Å²) in [6.07, 6.45) is 0. The van der Waals surface area contributed by atoms with Crippen LogP contribution in [0.1, 0.15) is 21.9 Å². The maximum absolute atomic E-state index is 11.3. The molecule has 1 aromatic heterocycles. The van der Waals surface area contributed by atoms with Crippen molar-refractivity contribution >= 4 is 33.4 Å². The molecule has 2 rings (SSSR count). The number of nitrogens with two attached hydrogens (primary N) is 1. The fourth-order valence-corrected chi connectivity index (χ4v) is 2.32. The van der Waals surface area contributed by atoms with Crippen LogP contribution in [0.5, 0.6) is 5.75 Å². The molecule has 0 saturated heterocycles. The van der Waals surface area contributed by atoms with E-state index >= 15 is 0 Å². The number of aryl methyl sites for hydroxylation is 1. The van der Waals surface area contributed by atoms with E-state index in [1.807, 2.05) is 11.5 Å². The Bertz CT molecular complexity index is 643. The first-order chi connectivity index (χ1) is 9.51. The third-order valence-electron chi connectivity index (χ3n) is 2.65. The first-order valence-corrected chi connectivity index (χ1v) is 6.86. The minimum Gasteiger partial charge on any atom is -0.487 e. The second-order valence-electron chi connectivity index (χ2n) is 4.03. The Labute approximate surface area is 129 Å². The Hall–Kier alpha value is -1.50. The molecule has 0 radical (unpaired) electrons. The van der Waals surface area contributed by atoms with Gasteiger partial charge < -0.3 is 9.15 Å². The minimum atomic E-state index is -0.485. The normalized spacial score (nSPS) is 10.4. The molecule has 0 unspecified atom stereocenters. The van der Waals surface area contributed by atoms with Gasteiger partial charge in [-0.2, -0.15) is 0 Å². The van der Waals surface area contributed by atoms with Crippen molar-refractivity contribution in [2.45, 2.75) is 13.5 Å². The highest BCUT2D eigenvalue weighted by Crippen LogP contribution is 2.29. The van der Waals surface area contributed by atoms with Gasteiger partial charge in [0.1, 0.15) is 18.1 Å². The largest absolute Gasteiger partial charge is 0.487 e. The van der Waals surface area contributed by atoms with Crippen molar-refractivity contribution in [1.82, 2.24) is 5.43 Å². The molecule has 0 fully saturated rings. The van der Waals surface area contributed by atoms with Crippen LogP contribution in [0.2, 0.25) is 5.02 Å². The predicted molar refractivity (Wildman–Crippen MR) is 78.6 cm³/mol. The van der Waals surface area contributed by atoms with Crippen molar-refractivity contribution in [3.05, 3.63) is 50.8 Å². The summed E-state index contributed by atoms with van der Waals surface area (Å²) < 4.78 is 11.8. The molecule has 0 bridgehead atoms. The Balaban J connectivity index is 2.11. The molecule has 1 amide bonds. The molecule has 0 spiro atoms. The van der Waals surface area contributed by atoms with Crippen LogP contribution < -0.4 is 16.0 Å². The van der Waals surface area contributed by atoms with E-state index in [1.165, 1.54) is 0 Å². The van der Waals surface area contributed by atoms with Crippen molar-refractivity contribution in [2.24, 2.45) is 5.84 Å². The van der Waals surface area contributed by atoms with Gasteiger partial charge >= 0.3 is 5.91 Å². The molecule has 0 aliphatic carbocycles. The average Bonchev–Trinajstić information content (AvgIpc) is 2.78. The summed E-state index contributed by atoms with van der Waals surface area (Å²) in [6.45, 7) is 1.99. The van der Waals surface area contributed by atoms with Gasteiger partial charge in [-0.3, -0.25) is 10.2 Å². The van der Waals surface area contributed by atoms with Gasteiger partial charge in [0.25, 0.3) is 0 Å². The summed E-state index contributed by atoms with van der Waals surface area (Å²) >= 11 is 9.37. The fraction of sp³-hybridized carbons (Fsp3) is 0.154. The number of hydrogen-bond donors (Lipinski definition) is 2. The number of carbonyl (C=O) groups is 1. The number of nitrogens with one attached hydrogen (secondary N) is 1. The monoisotopic (exact) mass is 358 g/mol. The van der Waals surface area contributed by atoms with Crippen molar-refractivity contribution in [2.75, 3.05) is 0 Å². The van der Waals surface area contributed by atoms with Gasteiger partial charge in [-0.25, -0.2) is 5.84 Å². The molecule has 106 valence electrons. The number of hydrazine groups is 1. The smallest absolute Gasteiger partial charge is 0.300 e. The number of benzene rings is 1. The van der Waals surface area contributed by atoms with E-state index in [-0.39, 0.29) is 12.4 Å². The van der Waals surface area contributed by atoms with Gasteiger partial charge in [-0.05, 0) is 31.2 Å². The second-order valence-corrected chi connectivity index (χ2v) is 5.35. The molecular weight excluding hydrogens is 348 g/mol. The lowest BCUT2D eigenvalue weighted by Crippen LogP contribution is -2.29. The Morgan fingerprint density at radius 3 is 2.90 bits per heavy atom. The molecule has 0 saturated carbocycles. The van der Waals surface area contributed by atoms with E-state index in [4.69, 9.17) is 26.6 Å². The van der Waals surface area contributed by atoms with Crippen LogP contribution in [0.15, 0.2) is 33.2 Å². The van der Waals surface area contributed by atoms with Crippen molar-refractivity contribution in [1.29, 1.82) is 0 Å². The zero-order chi connectivity index (χ0) is 14.7. The van der Waals surface area contributed by atoms with Crippen LogP contribution >= 0.6 is 27.5 Å². The topological polar surface area (TPSA) is 77.5 Å². The molecule has 5 nitrogen and oxygen atoms in total. The number of furan rings is 1. The lowest BCUT2D eigenvalue weighted by molar-refractivity contribution is 0.0924. The van der Waals surface area contributed by atoms with E-state index in [0.717, 1.165) is 10.0 Å². The van der Waals surface area contributed by atoms with Gasteiger partial charge in [0.05, 0.1) is 5.02 Å². The van der Waals surface area contributed by atoms with Gasteiger partial charge in [0.15, 0.2) is 5.76 Å². The Morgan fingerprint density at radius 2 is 2.25 bits per heavy atom. The SMILES string of the molecule is Cc1oc(C(=O)NN)cc1COc1ccc(Br)cc1Cl. The Morgan fingerprint density at radius 1 is 1.50 bits per heavy atom. The number of hydrogen-bond acceptors (Lipinski definition) is 4. The number of ether oxygens (including phenoxy) is 1. The van der Waals surface area contributed by atoms with Crippen LogP contribution in [-0.2, 0) is 6.61 Å². The van der Waals surface area contributed by atoms with E-state index in [0.29, 0.717) is 16.5 Å². The first-order valence-electron chi connectivity index (χ1n) is 5.69. The van der Waals surface area contributed by atoms with Crippen LogP contribution in [-0.4, -0.2) is 5.91 Å². The molecule has 0 atom stereocenters. The summed E-state index contributed by atoms with van der Waals surface area (Å²) in [5.41, 5.74) is 2.76. The first kappa shape index (κ1) is 14.9. The summed E-state index contributed by atoms with van der Waals surface area (Å²) in [4.78, 5) is 11.3. The van der Waals surface area contributed by atoms with Crippen molar-refractivity contribution in [3.8, 4) is 5.75 Å². The van der Waals surface area contributed by atoms with E-state index in [2.05, 4.69) is 15.9 Å². The summed E-state index contributed by atoms with van der Waals surface area (Å²) in [5, 5.41) is 0.500. The highest BCUT2D eigenvalue weighted by molar-refractivity contribution is 9.10. The average molecular weight is 360 g/mol. The molecular formula is C13H12BrClN2O3. The number of nitrogen functional groups attached to an aromatic ring is 1. The number of carbonyl (C=O) groups excluding carboxylic acids is 1. The number of rotatable bonds is 4. The summed E-state index contributed by atoms with van der Waals surface area (Å²) in [7, 11) is 0. The van der Waals surface area contributed by atoms with E-state index < -0.39 is 5.91 Å². The minimum absolute atomic E-state index is 0.144. The lowest BCUT2D eigenvalue weighted by Gasteiger charge is -2.07. The molecule has 1 heterocycles. The van der Waals surface area contributed by atoms with Crippen LogP contribution in [0.3, 0.4) is 0 Å². The molecule has 1 aromatic carbocycles. The highest BCUT2D eigenvalue weighted by Gasteiger charge is 2.14. The van der Waals surface area contributed by atoms with Gasteiger partial charge in [-0.1, -0.05) is 27.5 Å². The summed E-state index contributed by atoms with van der Waals surface area (Å²) in [5.74, 6) is 5.86. The van der Waals surface area contributed by atoms with Crippen LogP contribution in [0.25, 0.3) is 0 Å².